The lowest BCUT2D eigenvalue weighted by atomic mass is 10.0. The first-order chi connectivity index (χ1) is 15.1. The summed E-state index contributed by atoms with van der Waals surface area (Å²) in [6, 6.07) is 8.12. The molecule has 0 bridgehead atoms. The fraction of sp³-hybridized carbons (Fsp3) is 0.542. The Morgan fingerprint density at radius 2 is 2.00 bits per heavy atom. The summed E-state index contributed by atoms with van der Waals surface area (Å²) < 4.78 is 10.6. The van der Waals surface area contributed by atoms with E-state index in [1.807, 2.05) is 17.0 Å². The van der Waals surface area contributed by atoms with E-state index < -0.39 is 0 Å². The van der Waals surface area contributed by atoms with E-state index in [0.29, 0.717) is 0 Å². The van der Waals surface area contributed by atoms with E-state index in [-0.39, 0.29) is 18.6 Å². The summed E-state index contributed by atoms with van der Waals surface area (Å²) in [7, 11) is 3.28. The van der Waals surface area contributed by atoms with Crippen LogP contribution in [0.5, 0.6) is 5.75 Å². The maximum Gasteiger partial charge on any atom is 0.249 e. The van der Waals surface area contributed by atoms with Crippen molar-refractivity contribution in [3.8, 4) is 5.75 Å². The summed E-state index contributed by atoms with van der Waals surface area (Å²) in [4.78, 5) is 26.6. The SMILES string of the molecule is COCC(=O)N1CCC[C@@H]1c1nc(C)c2c(n1)N(CCc1ccccc1OC)CCC2. The van der Waals surface area contributed by atoms with Crippen LogP contribution in [0, 0.1) is 6.92 Å². The number of fused-ring (bicyclic) bond motifs is 1. The number of hydrogen-bond donors (Lipinski definition) is 0. The lowest BCUT2D eigenvalue weighted by Gasteiger charge is -2.32. The molecular weight excluding hydrogens is 392 g/mol. The number of carbonyl (C=O) groups is 1. The first-order valence-corrected chi connectivity index (χ1v) is 11.1. The Balaban J connectivity index is 1.58. The van der Waals surface area contributed by atoms with Crippen LogP contribution in [0.3, 0.4) is 0 Å². The molecule has 1 atom stereocenters. The number of amides is 1. The highest BCUT2D eigenvalue weighted by Crippen LogP contribution is 2.34. The summed E-state index contributed by atoms with van der Waals surface area (Å²) in [6.07, 6.45) is 4.86. The summed E-state index contributed by atoms with van der Waals surface area (Å²) in [5.41, 5.74) is 3.48. The van der Waals surface area contributed by atoms with Gasteiger partial charge in [0.2, 0.25) is 5.91 Å². The van der Waals surface area contributed by atoms with Crippen molar-refractivity contribution in [3.63, 3.8) is 0 Å². The summed E-state index contributed by atoms with van der Waals surface area (Å²) >= 11 is 0. The minimum atomic E-state index is -0.0651. The number of benzene rings is 1. The number of nitrogens with zero attached hydrogens (tertiary/aromatic N) is 4. The third kappa shape index (κ3) is 4.51. The molecule has 0 saturated carbocycles. The van der Waals surface area contributed by atoms with Crippen molar-refractivity contribution in [2.24, 2.45) is 0 Å². The van der Waals surface area contributed by atoms with Crippen molar-refractivity contribution >= 4 is 11.7 Å². The zero-order valence-electron chi connectivity index (χ0n) is 18.8. The molecule has 1 saturated heterocycles. The number of anilines is 1. The predicted octanol–water partition coefficient (Wildman–Crippen LogP) is 3.10. The monoisotopic (exact) mass is 424 g/mol. The average molecular weight is 425 g/mol. The van der Waals surface area contributed by atoms with Crippen molar-refractivity contribution < 1.29 is 14.3 Å². The molecule has 7 heteroatoms. The molecule has 2 aliphatic heterocycles. The van der Waals surface area contributed by atoms with Crippen LogP contribution in [0.1, 0.15) is 47.9 Å². The molecular formula is C24H32N4O3. The topological polar surface area (TPSA) is 67.8 Å². The molecule has 0 aliphatic carbocycles. The van der Waals surface area contributed by atoms with Crippen molar-refractivity contribution in [2.45, 2.75) is 45.1 Å². The van der Waals surface area contributed by atoms with Gasteiger partial charge in [-0.15, -0.1) is 0 Å². The summed E-state index contributed by atoms with van der Waals surface area (Å²) in [6.45, 7) is 4.77. The normalized spacial score (nSPS) is 18.2. The van der Waals surface area contributed by atoms with Gasteiger partial charge in [-0.3, -0.25) is 4.79 Å². The third-order valence-corrected chi connectivity index (χ3v) is 6.35. The van der Waals surface area contributed by atoms with Gasteiger partial charge in [-0.1, -0.05) is 18.2 Å². The number of aromatic nitrogens is 2. The van der Waals surface area contributed by atoms with Crippen LogP contribution in [0.2, 0.25) is 0 Å². The Morgan fingerprint density at radius 1 is 1.16 bits per heavy atom. The molecule has 2 aromatic rings. The van der Waals surface area contributed by atoms with Crippen LogP contribution in [0.4, 0.5) is 5.82 Å². The molecule has 4 rings (SSSR count). The third-order valence-electron chi connectivity index (χ3n) is 6.35. The van der Waals surface area contributed by atoms with E-state index >= 15 is 0 Å². The second-order valence-electron chi connectivity index (χ2n) is 8.30. The molecule has 31 heavy (non-hydrogen) atoms. The van der Waals surface area contributed by atoms with Crippen molar-refractivity contribution in [1.29, 1.82) is 0 Å². The predicted molar refractivity (Wildman–Crippen MR) is 120 cm³/mol. The van der Waals surface area contributed by atoms with Crippen LogP contribution < -0.4 is 9.64 Å². The van der Waals surface area contributed by atoms with Gasteiger partial charge in [0.05, 0.1) is 13.2 Å². The minimum absolute atomic E-state index is 0.0111. The van der Waals surface area contributed by atoms with Gasteiger partial charge in [-0.25, -0.2) is 9.97 Å². The molecule has 7 nitrogen and oxygen atoms in total. The number of ether oxygens (including phenoxy) is 2. The van der Waals surface area contributed by atoms with Gasteiger partial charge in [0.15, 0.2) is 5.82 Å². The van der Waals surface area contributed by atoms with Crippen LogP contribution in [-0.2, 0) is 22.4 Å². The number of para-hydroxylation sites is 1. The Hall–Kier alpha value is -2.67. The zero-order chi connectivity index (χ0) is 21.8. The van der Waals surface area contributed by atoms with E-state index in [1.54, 1.807) is 14.2 Å². The van der Waals surface area contributed by atoms with Gasteiger partial charge in [0, 0.05) is 38.0 Å². The average Bonchev–Trinajstić information content (AvgIpc) is 3.28. The van der Waals surface area contributed by atoms with Crippen LogP contribution in [0.15, 0.2) is 24.3 Å². The zero-order valence-corrected chi connectivity index (χ0v) is 18.8. The first-order valence-electron chi connectivity index (χ1n) is 11.1. The maximum absolute atomic E-state index is 12.5. The van der Waals surface area contributed by atoms with E-state index in [9.17, 15) is 4.79 Å². The first kappa shape index (κ1) is 21.6. The largest absolute Gasteiger partial charge is 0.496 e. The summed E-state index contributed by atoms with van der Waals surface area (Å²) in [5.74, 6) is 2.74. The fourth-order valence-corrected chi connectivity index (χ4v) is 4.78. The second kappa shape index (κ2) is 9.64. The number of likely N-dealkylation sites (tertiary alicyclic amines) is 1. The van der Waals surface area contributed by atoms with E-state index in [0.717, 1.165) is 74.8 Å². The smallest absolute Gasteiger partial charge is 0.249 e. The maximum atomic E-state index is 12.5. The number of hydrogen-bond acceptors (Lipinski definition) is 6. The molecule has 1 aromatic carbocycles. The Kier molecular flexibility index (Phi) is 6.70. The highest BCUT2D eigenvalue weighted by molar-refractivity contribution is 5.78. The van der Waals surface area contributed by atoms with Crippen LogP contribution in [0.25, 0.3) is 0 Å². The Bertz CT molecular complexity index is 933. The van der Waals surface area contributed by atoms with E-state index in [1.165, 1.54) is 11.1 Å². The molecule has 3 heterocycles. The second-order valence-corrected chi connectivity index (χ2v) is 8.30. The van der Waals surface area contributed by atoms with Crippen LogP contribution in [-0.4, -0.2) is 61.2 Å². The highest BCUT2D eigenvalue weighted by Gasteiger charge is 2.33. The molecule has 0 unspecified atom stereocenters. The molecule has 1 fully saturated rings. The van der Waals surface area contributed by atoms with Crippen molar-refractivity contribution in [3.05, 3.63) is 46.9 Å². The Labute approximate surface area is 184 Å². The molecule has 0 N–H and O–H groups in total. The molecule has 0 spiro atoms. The number of carbonyl (C=O) groups excluding carboxylic acids is 1. The van der Waals surface area contributed by atoms with Crippen LogP contribution >= 0.6 is 0 Å². The van der Waals surface area contributed by atoms with E-state index in [4.69, 9.17) is 19.4 Å². The minimum Gasteiger partial charge on any atom is -0.496 e. The van der Waals surface area contributed by atoms with Crippen molar-refractivity contribution in [2.75, 3.05) is 45.4 Å². The molecule has 0 radical (unpaired) electrons. The number of aryl methyl sites for hydroxylation is 1. The van der Waals surface area contributed by atoms with Gasteiger partial charge in [-0.05, 0) is 50.7 Å². The summed E-state index contributed by atoms with van der Waals surface area (Å²) in [5, 5.41) is 0. The van der Waals surface area contributed by atoms with Gasteiger partial charge >= 0.3 is 0 Å². The highest BCUT2D eigenvalue weighted by atomic mass is 16.5. The number of rotatable bonds is 7. The molecule has 2 aliphatic rings. The lowest BCUT2D eigenvalue weighted by Crippen LogP contribution is -2.36. The van der Waals surface area contributed by atoms with Gasteiger partial charge in [-0.2, -0.15) is 0 Å². The van der Waals surface area contributed by atoms with Crippen molar-refractivity contribution in [1.82, 2.24) is 14.9 Å². The molecule has 1 aromatic heterocycles. The van der Waals surface area contributed by atoms with Gasteiger partial charge in [0.1, 0.15) is 18.2 Å². The number of methoxy groups -OCH3 is 2. The molecule has 166 valence electrons. The fourth-order valence-electron chi connectivity index (χ4n) is 4.78. The lowest BCUT2D eigenvalue weighted by molar-refractivity contribution is -0.136. The standard InChI is InChI=1S/C24H32N4O3/c1-17-19-9-6-13-27(15-12-18-8-4-5-11-21(18)31-3)24(19)26-23(25-17)20-10-7-14-28(20)22(29)16-30-2/h4-5,8,11,20H,6-7,9-10,12-16H2,1-3H3/t20-/m1/s1. The van der Waals surface area contributed by atoms with E-state index in [2.05, 4.69) is 24.0 Å². The van der Waals surface area contributed by atoms with Gasteiger partial charge < -0.3 is 19.3 Å². The van der Waals surface area contributed by atoms with Gasteiger partial charge in [0.25, 0.3) is 0 Å². The quantitative estimate of drug-likeness (QED) is 0.680. The molecule has 1 amide bonds. The Morgan fingerprint density at radius 3 is 2.81 bits per heavy atom.